The van der Waals surface area contributed by atoms with Gasteiger partial charge in [0.25, 0.3) is 0 Å². The van der Waals surface area contributed by atoms with Crippen LogP contribution in [0.1, 0.15) is 19.8 Å². The Hall–Kier alpha value is -1.32. The molecule has 0 N–H and O–H groups in total. The molecule has 17 heavy (non-hydrogen) atoms. The molecule has 92 valence electrons. The number of allylic oxidation sites excluding steroid dienone is 2. The Morgan fingerprint density at radius 3 is 2.59 bits per heavy atom. The molecule has 0 aromatic carbocycles. The number of carbonyl (C=O) groups excluding carboxylic acids is 2. The van der Waals surface area contributed by atoms with Crippen LogP contribution in [0.3, 0.4) is 0 Å². The number of hydrogen-bond acceptors (Lipinski definition) is 3. The van der Waals surface area contributed by atoms with Crippen molar-refractivity contribution in [3.8, 4) is 0 Å². The maximum Gasteiger partial charge on any atom is 0.416 e. The Labute approximate surface area is 101 Å². The van der Waals surface area contributed by atoms with Crippen molar-refractivity contribution >= 4 is 12.0 Å². The maximum absolute atomic E-state index is 12.4. The minimum Gasteiger partial charge on any atom is -0.447 e. The molecule has 4 heteroatoms. The number of amides is 2. The first-order valence-corrected chi connectivity index (χ1v) is 6.35. The van der Waals surface area contributed by atoms with Gasteiger partial charge in [-0.1, -0.05) is 19.1 Å². The zero-order chi connectivity index (χ0) is 12.0. The lowest BCUT2D eigenvalue weighted by molar-refractivity contribution is -0.137. The van der Waals surface area contributed by atoms with Crippen LogP contribution in [0.4, 0.5) is 4.79 Å². The second kappa shape index (κ2) is 3.86. The van der Waals surface area contributed by atoms with Gasteiger partial charge in [-0.15, -0.1) is 0 Å². The average Bonchev–Trinajstić information content (AvgIpc) is 2.76. The van der Waals surface area contributed by atoms with Gasteiger partial charge in [-0.2, -0.15) is 0 Å². The number of imide groups is 1. The maximum atomic E-state index is 12.4. The molecule has 4 rings (SSSR count). The molecule has 2 amide bonds. The predicted octanol–water partition coefficient (Wildman–Crippen LogP) is 1.81. The molecule has 0 aromatic heterocycles. The van der Waals surface area contributed by atoms with Crippen molar-refractivity contribution in [2.45, 2.75) is 19.8 Å². The minimum atomic E-state index is -0.465. The first-order chi connectivity index (χ1) is 8.18. The molecule has 2 fully saturated rings. The third-order valence-corrected chi connectivity index (χ3v) is 4.45. The van der Waals surface area contributed by atoms with Gasteiger partial charge in [0.2, 0.25) is 5.91 Å². The van der Waals surface area contributed by atoms with E-state index in [1.165, 1.54) is 11.3 Å². The third-order valence-electron chi connectivity index (χ3n) is 4.45. The molecule has 0 radical (unpaired) electrons. The van der Waals surface area contributed by atoms with Crippen LogP contribution >= 0.6 is 0 Å². The van der Waals surface area contributed by atoms with Crippen LogP contribution in [0.25, 0.3) is 0 Å². The molecule has 1 heterocycles. The fourth-order valence-electron chi connectivity index (χ4n) is 3.44. The molecule has 2 bridgehead atoms. The van der Waals surface area contributed by atoms with Gasteiger partial charge >= 0.3 is 6.09 Å². The zero-order valence-electron chi connectivity index (χ0n) is 9.96. The van der Waals surface area contributed by atoms with E-state index in [0.29, 0.717) is 30.9 Å². The predicted molar refractivity (Wildman–Crippen MR) is 61.1 cm³/mol. The summed E-state index contributed by atoms with van der Waals surface area (Å²) in [6.45, 7) is 2.89. The summed E-state index contributed by atoms with van der Waals surface area (Å²) in [7, 11) is 0. The highest BCUT2D eigenvalue weighted by Gasteiger charge is 2.45. The second-order valence-corrected chi connectivity index (χ2v) is 5.28. The largest absolute Gasteiger partial charge is 0.447 e. The van der Waals surface area contributed by atoms with Crippen LogP contribution in [0.2, 0.25) is 0 Å². The van der Waals surface area contributed by atoms with Gasteiger partial charge in [0.15, 0.2) is 0 Å². The minimum absolute atomic E-state index is 0.0237. The van der Waals surface area contributed by atoms with Crippen molar-refractivity contribution in [1.82, 2.24) is 4.90 Å². The highest BCUT2D eigenvalue weighted by molar-refractivity contribution is 5.94. The fraction of sp³-hybridized carbons (Fsp3) is 0.692. The highest BCUT2D eigenvalue weighted by Crippen LogP contribution is 2.45. The standard InChI is InChI=1S/C13H17NO3/c1-8-9-2-4-10(5-3-9)11(8)12(15)14-6-7-17-13(14)16/h2,4,8-11H,3,5-7H2,1H3/t8-,9-,10-,11+/m1/s1. The fourth-order valence-corrected chi connectivity index (χ4v) is 3.44. The summed E-state index contributed by atoms with van der Waals surface area (Å²) in [6, 6.07) is 0. The lowest BCUT2D eigenvalue weighted by Gasteiger charge is -2.43. The van der Waals surface area contributed by atoms with Gasteiger partial charge in [-0.3, -0.25) is 4.79 Å². The Kier molecular flexibility index (Phi) is 2.45. The summed E-state index contributed by atoms with van der Waals surface area (Å²) in [5.41, 5.74) is 0. The van der Waals surface area contributed by atoms with Crippen LogP contribution in [-0.2, 0) is 9.53 Å². The van der Waals surface area contributed by atoms with E-state index in [9.17, 15) is 9.59 Å². The molecular weight excluding hydrogens is 218 g/mol. The normalized spacial score (nSPS) is 39.6. The number of ether oxygens (including phenoxy) is 1. The number of nitrogens with zero attached hydrogens (tertiary/aromatic N) is 1. The third kappa shape index (κ3) is 1.58. The summed E-state index contributed by atoms with van der Waals surface area (Å²) < 4.78 is 4.84. The van der Waals surface area contributed by atoms with E-state index in [1.807, 2.05) is 0 Å². The van der Waals surface area contributed by atoms with Gasteiger partial charge < -0.3 is 4.74 Å². The van der Waals surface area contributed by atoms with E-state index in [1.54, 1.807) is 0 Å². The quantitative estimate of drug-likeness (QED) is 0.651. The molecule has 0 aromatic rings. The smallest absolute Gasteiger partial charge is 0.416 e. The molecule has 0 unspecified atom stereocenters. The Balaban J connectivity index is 1.82. The van der Waals surface area contributed by atoms with Gasteiger partial charge in [-0.25, -0.2) is 9.69 Å². The summed E-state index contributed by atoms with van der Waals surface area (Å²) in [4.78, 5) is 25.1. The molecule has 4 atom stereocenters. The van der Waals surface area contributed by atoms with Crippen LogP contribution in [0.5, 0.6) is 0 Å². The first-order valence-electron chi connectivity index (χ1n) is 6.35. The molecule has 0 spiro atoms. The Bertz CT molecular complexity index is 390. The highest BCUT2D eigenvalue weighted by atomic mass is 16.6. The Morgan fingerprint density at radius 1 is 1.35 bits per heavy atom. The summed E-state index contributed by atoms with van der Waals surface area (Å²) in [6.07, 6.45) is 6.19. The van der Waals surface area contributed by atoms with Gasteiger partial charge in [-0.05, 0) is 30.6 Å². The van der Waals surface area contributed by atoms with Gasteiger partial charge in [0.1, 0.15) is 6.61 Å². The molecule has 1 saturated heterocycles. The lowest BCUT2D eigenvalue weighted by Crippen LogP contribution is -2.47. The number of hydrogen-bond donors (Lipinski definition) is 0. The van der Waals surface area contributed by atoms with E-state index in [0.717, 1.165) is 6.42 Å². The van der Waals surface area contributed by atoms with Crippen molar-refractivity contribution in [2.24, 2.45) is 23.7 Å². The molecule has 1 aliphatic heterocycles. The molecule has 1 saturated carbocycles. The Morgan fingerprint density at radius 2 is 2.06 bits per heavy atom. The van der Waals surface area contributed by atoms with E-state index < -0.39 is 6.09 Å². The first kappa shape index (κ1) is 10.8. The summed E-state index contributed by atoms with van der Waals surface area (Å²) >= 11 is 0. The molecule has 4 aliphatic rings. The van der Waals surface area contributed by atoms with Gasteiger partial charge in [0, 0.05) is 5.92 Å². The van der Waals surface area contributed by atoms with Crippen LogP contribution in [-0.4, -0.2) is 30.1 Å². The summed E-state index contributed by atoms with van der Waals surface area (Å²) in [5, 5.41) is 0. The monoisotopic (exact) mass is 235 g/mol. The number of rotatable bonds is 1. The molecular formula is C13H17NO3. The average molecular weight is 235 g/mol. The SMILES string of the molecule is C[C@H]1[C@H](C(=O)N2CCOC2=O)[C@@H]2C=C[C@@H]1CC2. The van der Waals surface area contributed by atoms with Crippen LogP contribution in [0, 0.1) is 23.7 Å². The number of fused-ring (bicyclic) bond motifs is 2. The number of cyclic esters (lactones) is 1. The molecule has 4 nitrogen and oxygen atoms in total. The number of carbonyl (C=O) groups is 2. The van der Waals surface area contributed by atoms with Crippen LogP contribution < -0.4 is 0 Å². The van der Waals surface area contributed by atoms with Gasteiger partial charge in [0.05, 0.1) is 6.54 Å². The molecule has 3 aliphatic carbocycles. The van der Waals surface area contributed by atoms with Crippen molar-refractivity contribution in [2.75, 3.05) is 13.2 Å². The van der Waals surface area contributed by atoms with Crippen molar-refractivity contribution in [3.05, 3.63) is 12.2 Å². The van der Waals surface area contributed by atoms with E-state index in [4.69, 9.17) is 4.74 Å². The zero-order valence-corrected chi connectivity index (χ0v) is 9.96. The van der Waals surface area contributed by atoms with E-state index >= 15 is 0 Å². The lowest BCUT2D eigenvalue weighted by atomic mass is 9.62. The van der Waals surface area contributed by atoms with Crippen molar-refractivity contribution in [3.63, 3.8) is 0 Å². The van der Waals surface area contributed by atoms with E-state index in [-0.39, 0.29) is 11.8 Å². The van der Waals surface area contributed by atoms with Crippen molar-refractivity contribution < 1.29 is 14.3 Å². The topological polar surface area (TPSA) is 46.6 Å². The second-order valence-electron chi connectivity index (χ2n) is 5.28. The van der Waals surface area contributed by atoms with Crippen molar-refractivity contribution in [1.29, 1.82) is 0 Å². The summed E-state index contributed by atoms with van der Waals surface area (Å²) in [5.74, 6) is 1.12. The van der Waals surface area contributed by atoms with E-state index in [2.05, 4.69) is 19.1 Å². The van der Waals surface area contributed by atoms with Crippen LogP contribution in [0.15, 0.2) is 12.2 Å².